The predicted octanol–water partition coefficient (Wildman–Crippen LogP) is 5.00. The molecule has 232 valence electrons. The van der Waals surface area contributed by atoms with Crippen molar-refractivity contribution in [2.24, 2.45) is 0 Å². The van der Waals surface area contributed by atoms with Crippen molar-refractivity contribution in [3.8, 4) is 23.0 Å². The van der Waals surface area contributed by atoms with Crippen LogP contribution in [0.25, 0.3) is 22.4 Å². The van der Waals surface area contributed by atoms with E-state index >= 15 is 0 Å². The first-order chi connectivity index (χ1) is 22.1. The number of fused-ring (bicyclic) bond motifs is 2. The smallest absolute Gasteiger partial charge is 0.347 e. The van der Waals surface area contributed by atoms with E-state index in [4.69, 9.17) is 39.7 Å². The van der Waals surface area contributed by atoms with E-state index in [-0.39, 0.29) is 23.1 Å². The van der Waals surface area contributed by atoms with Gasteiger partial charge < -0.3 is 38.7 Å². The fraction of sp³-hybridized carbons (Fsp3) is 0.258. The Bertz CT molecular complexity index is 1820. The van der Waals surface area contributed by atoms with E-state index in [1.165, 1.54) is 0 Å². The molecule has 45 heavy (non-hydrogen) atoms. The molecule has 13 nitrogen and oxygen atoms in total. The number of ether oxygens (including phenoxy) is 5. The Kier molecular flexibility index (Phi) is 9.92. The van der Waals surface area contributed by atoms with E-state index in [0.29, 0.717) is 92.2 Å². The molecule has 5 aromatic rings. The van der Waals surface area contributed by atoms with Gasteiger partial charge in [-0.05, 0) is 48.0 Å². The van der Waals surface area contributed by atoms with E-state index in [1.54, 1.807) is 48.5 Å². The van der Waals surface area contributed by atoms with Crippen LogP contribution in [0.1, 0.15) is 0 Å². The van der Waals surface area contributed by atoms with Crippen LogP contribution in [0.5, 0.6) is 11.5 Å². The molecule has 6 rings (SSSR count). The molecule has 0 spiro atoms. The minimum atomic E-state index is -0.486. The number of nitrogens with one attached hydrogen (secondary N) is 2. The zero-order valence-electron chi connectivity index (χ0n) is 24.0. The third-order valence-corrected chi connectivity index (χ3v) is 6.63. The summed E-state index contributed by atoms with van der Waals surface area (Å²) in [4.78, 5) is 30.1. The van der Waals surface area contributed by atoms with Gasteiger partial charge >= 0.3 is 5.63 Å². The van der Waals surface area contributed by atoms with Gasteiger partial charge in [-0.2, -0.15) is 15.0 Å². The number of halogens is 1. The van der Waals surface area contributed by atoms with Crippen LogP contribution < -0.4 is 25.7 Å². The number of benzene rings is 3. The highest BCUT2D eigenvalue weighted by Gasteiger charge is 2.15. The van der Waals surface area contributed by atoms with Crippen LogP contribution in [0.15, 0.2) is 75.9 Å². The van der Waals surface area contributed by atoms with Crippen molar-refractivity contribution < 1.29 is 28.1 Å². The molecule has 1 aliphatic rings. The Hall–Kier alpha value is -4.82. The first kappa shape index (κ1) is 30.2. The fourth-order valence-corrected chi connectivity index (χ4v) is 4.56. The summed E-state index contributed by atoms with van der Waals surface area (Å²) in [5, 5.41) is 6.63. The minimum absolute atomic E-state index is 0.0437. The summed E-state index contributed by atoms with van der Waals surface area (Å²) in [6, 6.07) is 19.5. The molecule has 1 aliphatic heterocycles. The summed E-state index contributed by atoms with van der Waals surface area (Å²) in [6.07, 6.45) is 0. The molecule has 2 N–H and O–H groups in total. The minimum Gasteiger partial charge on any atom is -0.487 e. The lowest BCUT2D eigenvalue weighted by atomic mass is 10.1. The fourth-order valence-electron chi connectivity index (χ4n) is 4.40. The highest BCUT2D eigenvalue weighted by molar-refractivity contribution is 6.28. The van der Waals surface area contributed by atoms with Crippen molar-refractivity contribution in [1.82, 2.24) is 19.9 Å². The van der Waals surface area contributed by atoms with E-state index in [1.807, 2.05) is 18.2 Å². The number of aromatic nitrogens is 4. The van der Waals surface area contributed by atoms with Gasteiger partial charge in [0.1, 0.15) is 13.2 Å². The average molecular weight is 633 g/mol. The maximum atomic E-state index is 12.6. The summed E-state index contributed by atoms with van der Waals surface area (Å²) in [6.45, 7) is 3.37. The Labute approximate surface area is 262 Å². The number of anilines is 4. The zero-order valence-corrected chi connectivity index (χ0v) is 24.8. The van der Waals surface area contributed by atoms with Crippen LogP contribution in [-0.2, 0) is 14.2 Å². The van der Waals surface area contributed by atoms with Crippen molar-refractivity contribution in [3.63, 3.8) is 0 Å². The third kappa shape index (κ3) is 8.02. The SMILES string of the molecule is O=c1oc(-c2ccccc2Nc2nc(Cl)nc(Nc3ccc4c(c3)OCCOCCOCCOCCO4)n2)nc2ccccc12. The van der Waals surface area contributed by atoms with E-state index in [9.17, 15) is 4.79 Å². The number of hydrogen-bond acceptors (Lipinski definition) is 13. The molecule has 0 bridgehead atoms. The van der Waals surface area contributed by atoms with Gasteiger partial charge in [0.25, 0.3) is 0 Å². The second-order valence-electron chi connectivity index (χ2n) is 9.57. The lowest BCUT2D eigenvalue weighted by Crippen LogP contribution is -2.13. The Morgan fingerprint density at radius 3 is 2.07 bits per heavy atom. The van der Waals surface area contributed by atoms with Crippen molar-refractivity contribution in [1.29, 1.82) is 0 Å². The summed E-state index contributed by atoms with van der Waals surface area (Å²) in [7, 11) is 0. The molecule has 3 heterocycles. The summed E-state index contributed by atoms with van der Waals surface area (Å²) < 4.78 is 34.0. The van der Waals surface area contributed by atoms with E-state index in [2.05, 4.69) is 30.6 Å². The second kappa shape index (κ2) is 14.8. The molecule has 0 amide bonds. The maximum Gasteiger partial charge on any atom is 0.347 e. The van der Waals surface area contributed by atoms with Crippen molar-refractivity contribution in [2.45, 2.75) is 0 Å². The normalized spacial score (nSPS) is 14.7. The third-order valence-electron chi connectivity index (χ3n) is 6.46. The lowest BCUT2D eigenvalue weighted by Gasteiger charge is -2.15. The first-order valence-corrected chi connectivity index (χ1v) is 14.6. The van der Waals surface area contributed by atoms with Crippen LogP contribution in [0.4, 0.5) is 23.3 Å². The van der Waals surface area contributed by atoms with E-state index < -0.39 is 5.63 Å². The zero-order chi connectivity index (χ0) is 30.8. The Balaban J connectivity index is 1.21. The van der Waals surface area contributed by atoms with Gasteiger partial charge in [0.15, 0.2) is 11.5 Å². The van der Waals surface area contributed by atoms with Crippen molar-refractivity contribution >= 4 is 45.8 Å². The molecule has 0 fully saturated rings. The summed E-state index contributed by atoms with van der Waals surface area (Å²) in [5.41, 5.74) is 1.74. The molecule has 2 aromatic heterocycles. The molecular formula is C31H29ClN6O7. The van der Waals surface area contributed by atoms with Crippen LogP contribution in [0, 0.1) is 0 Å². The van der Waals surface area contributed by atoms with Gasteiger partial charge in [0.2, 0.25) is 23.1 Å². The number of rotatable bonds is 5. The molecule has 3 aromatic carbocycles. The number of para-hydroxylation sites is 2. The van der Waals surface area contributed by atoms with Crippen LogP contribution >= 0.6 is 11.6 Å². The average Bonchev–Trinajstić information content (AvgIpc) is 3.04. The van der Waals surface area contributed by atoms with Gasteiger partial charge in [-0.15, -0.1) is 0 Å². The van der Waals surface area contributed by atoms with Crippen molar-refractivity contribution in [3.05, 3.63) is 82.4 Å². The van der Waals surface area contributed by atoms with Gasteiger partial charge in [-0.25, -0.2) is 9.78 Å². The molecule has 0 aliphatic carbocycles. The standard InChI is InChI=1S/C31H29ClN6O7/c32-29-36-30(33-20-9-10-25-26(19-20)44-18-16-42-14-12-40-11-13-41-15-17-43-25)38-31(37-29)35-23-7-3-1-5-21(23)27-34-24-8-4-2-6-22(24)28(39)45-27/h1-10,19H,11-18H2,(H2,33,35,36,37,38). The molecule has 0 radical (unpaired) electrons. The van der Waals surface area contributed by atoms with Gasteiger partial charge in [-0.1, -0.05) is 24.3 Å². The van der Waals surface area contributed by atoms with Gasteiger partial charge in [0.05, 0.1) is 61.8 Å². The molecule has 14 heteroatoms. The molecule has 0 atom stereocenters. The highest BCUT2D eigenvalue weighted by Crippen LogP contribution is 2.32. The van der Waals surface area contributed by atoms with Gasteiger partial charge in [-0.3, -0.25) is 0 Å². The summed E-state index contributed by atoms with van der Waals surface area (Å²) >= 11 is 6.29. The quantitative estimate of drug-likeness (QED) is 0.267. The second-order valence-corrected chi connectivity index (χ2v) is 9.90. The molecule has 0 saturated heterocycles. The predicted molar refractivity (Wildman–Crippen MR) is 167 cm³/mol. The van der Waals surface area contributed by atoms with Crippen LogP contribution in [-0.4, -0.2) is 72.8 Å². The molecule has 0 unspecified atom stereocenters. The molecular weight excluding hydrogens is 604 g/mol. The summed E-state index contributed by atoms with van der Waals surface area (Å²) in [5.74, 6) is 1.54. The first-order valence-electron chi connectivity index (χ1n) is 14.2. The van der Waals surface area contributed by atoms with Crippen molar-refractivity contribution in [2.75, 3.05) is 63.5 Å². The topological polar surface area (TPSA) is 152 Å². The number of hydrogen-bond donors (Lipinski definition) is 2. The Morgan fingerprint density at radius 1 is 0.644 bits per heavy atom. The van der Waals surface area contributed by atoms with E-state index in [0.717, 1.165) is 0 Å². The Morgan fingerprint density at radius 2 is 1.29 bits per heavy atom. The number of nitrogens with zero attached hydrogens (tertiary/aromatic N) is 4. The monoisotopic (exact) mass is 632 g/mol. The van der Waals surface area contributed by atoms with Crippen LogP contribution in [0.2, 0.25) is 5.28 Å². The highest BCUT2D eigenvalue weighted by atomic mass is 35.5. The molecule has 0 saturated carbocycles. The van der Waals surface area contributed by atoms with Gasteiger partial charge in [0, 0.05) is 11.8 Å². The largest absolute Gasteiger partial charge is 0.487 e. The lowest BCUT2D eigenvalue weighted by molar-refractivity contribution is 0.00708. The van der Waals surface area contributed by atoms with Crippen LogP contribution in [0.3, 0.4) is 0 Å². The maximum absolute atomic E-state index is 12.6.